The van der Waals surface area contributed by atoms with Gasteiger partial charge in [-0.1, -0.05) is 17.7 Å². The number of benzene rings is 1. The number of hydrogen-bond donors (Lipinski definition) is 1. The van der Waals surface area contributed by atoms with Gasteiger partial charge in [0.15, 0.2) is 0 Å². The second-order valence-electron chi connectivity index (χ2n) is 2.20. The molecule has 0 bridgehead atoms. The van der Waals surface area contributed by atoms with Gasteiger partial charge in [0.2, 0.25) is 11.0 Å². The van der Waals surface area contributed by atoms with Gasteiger partial charge in [-0.25, -0.2) is 0 Å². The van der Waals surface area contributed by atoms with Crippen LogP contribution in [0.2, 0.25) is 0 Å². The topological polar surface area (TPSA) is 58.7 Å². The summed E-state index contributed by atoms with van der Waals surface area (Å²) in [6.45, 7) is 1.91. The molecule has 5 heteroatoms. The third kappa shape index (κ3) is 2.81. The monoisotopic (exact) mass is 175 g/mol. The molecule has 1 rings (SSSR count). The fourth-order valence-corrected chi connectivity index (χ4v) is 0.724. The largest absolute Gasteiger partial charge is 1.00 e. The van der Waals surface area contributed by atoms with E-state index in [0.717, 1.165) is 5.56 Å². The van der Waals surface area contributed by atoms with E-state index >= 15 is 0 Å². The Labute approximate surface area is 92.4 Å². The predicted molar refractivity (Wildman–Crippen MR) is 38.7 cm³/mol. The van der Waals surface area contributed by atoms with E-state index in [2.05, 4.69) is 5.28 Å². The molecule has 1 aromatic carbocycles. The minimum absolute atomic E-state index is 0. The Morgan fingerprint density at radius 3 is 2.25 bits per heavy atom. The van der Waals surface area contributed by atoms with Gasteiger partial charge in [-0.3, -0.25) is 0 Å². The first kappa shape index (κ1) is 11.4. The molecule has 58 valence electrons. The molecule has 0 amide bonds. The van der Waals surface area contributed by atoms with Crippen LogP contribution in [0, 0.1) is 12.1 Å². The molecule has 1 N–H and O–H groups in total. The van der Waals surface area contributed by atoms with E-state index in [-0.39, 0.29) is 34.4 Å². The normalized spacial score (nSPS) is 10.6. The Morgan fingerprint density at radius 2 is 1.83 bits per heavy atom. The fourth-order valence-electron chi connectivity index (χ4n) is 0.724. The van der Waals surface area contributed by atoms with Crippen LogP contribution in [0.15, 0.2) is 29.5 Å². The molecule has 0 heterocycles. The van der Waals surface area contributed by atoms with Gasteiger partial charge in [-0.15, -0.1) is 0 Å². The summed E-state index contributed by atoms with van der Waals surface area (Å²) in [7, 11) is 0. The van der Waals surface area contributed by atoms with Crippen molar-refractivity contribution >= 4 is 5.69 Å². The van der Waals surface area contributed by atoms with Crippen molar-refractivity contribution in [2.75, 3.05) is 0 Å². The van der Waals surface area contributed by atoms with Crippen molar-refractivity contribution in [2.45, 2.75) is 6.92 Å². The van der Waals surface area contributed by atoms with Crippen molar-refractivity contribution in [3.63, 3.8) is 0 Å². The third-order valence-corrected chi connectivity index (χ3v) is 1.34. The Morgan fingerprint density at radius 1 is 1.33 bits per heavy atom. The summed E-state index contributed by atoms with van der Waals surface area (Å²) in [5, 5.41) is 21.2. The summed E-state index contributed by atoms with van der Waals surface area (Å²) >= 11 is 0. The van der Waals surface area contributed by atoms with E-state index in [1.165, 1.54) is 0 Å². The Kier molecular flexibility index (Phi) is 4.89. The molecule has 0 aliphatic heterocycles. The van der Waals surface area contributed by atoms with E-state index in [1.807, 2.05) is 6.92 Å². The molecule has 0 atom stereocenters. The third-order valence-electron chi connectivity index (χ3n) is 1.34. The van der Waals surface area contributed by atoms with Gasteiger partial charge in [-0.2, -0.15) is 0 Å². The zero-order chi connectivity index (χ0) is 8.27. The molecule has 0 fully saturated rings. The molecule has 4 nitrogen and oxygen atoms in total. The molecule has 0 spiro atoms. The molecule has 0 aromatic heterocycles. The molecule has 0 aliphatic rings. The van der Waals surface area contributed by atoms with Gasteiger partial charge in [0.1, 0.15) is 0 Å². The predicted octanol–water partition coefficient (Wildman–Crippen LogP) is -1.02. The molecule has 1 aromatic rings. The first-order chi connectivity index (χ1) is 5.24. The summed E-state index contributed by atoms with van der Waals surface area (Å²) < 4.78 is 0. The van der Waals surface area contributed by atoms with Crippen LogP contribution in [-0.4, -0.2) is 10.1 Å². The second kappa shape index (κ2) is 5.13. The standard InChI is InChI=1S/C7H8N2O2.Na/c1-6-2-4-7(5-3-6)9(11)8-10;/h2-5,10H,1H3;/q;+1. The van der Waals surface area contributed by atoms with Crippen LogP contribution < -0.4 is 29.6 Å². The van der Waals surface area contributed by atoms with Crippen molar-refractivity contribution < 1.29 is 39.6 Å². The summed E-state index contributed by atoms with van der Waals surface area (Å²) in [4.78, 5) is 0.152. The molecular formula is C7H8N2NaO2+. The van der Waals surface area contributed by atoms with Gasteiger partial charge >= 0.3 is 29.6 Å². The van der Waals surface area contributed by atoms with Crippen molar-refractivity contribution in [3.05, 3.63) is 35.0 Å². The first-order valence-corrected chi connectivity index (χ1v) is 3.13. The van der Waals surface area contributed by atoms with E-state index in [1.54, 1.807) is 24.3 Å². The maximum Gasteiger partial charge on any atom is 1.00 e. The van der Waals surface area contributed by atoms with Gasteiger partial charge < -0.3 is 10.4 Å². The summed E-state index contributed by atoms with van der Waals surface area (Å²) in [5.41, 5.74) is 1.37. The SMILES string of the molecule is Cc1ccc([N+]([O-])=NO)cc1.[Na+]. The summed E-state index contributed by atoms with van der Waals surface area (Å²) in [5.74, 6) is 0. The van der Waals surface area contributed by atoms with Gasteiger partial charge in [0, 0.05) is 12.1 Å². The molecular weight excluding hydrogens is 167 g/mol. The number of rotatable bonds is 1. The van der Waals surface area contributed by atoms with Crippen molar-refractivity contribution in [1.82, 2.24) is 0 Å². The molecule has 0 radical (unpaired) electrons. The van der Waals surface area contributed by atoms with Crippen LogP contribution in [0.4, 0.5) is 5.69 Å². The quantitative estimate of drug-likeness (QED) is 0.257. The minimum Gasteiger partial charge on any atom is -0.592 e. The van der Waals surface area contributed by atoms with Gasteiger partial charge in [0.25, 0.3) is 0 Å². The smallest absolute Gasteiger partial charge is 0.592 e. The summed E-state index contributed by atoms with van der Waals surface area (Å²) in [6, 6.07) is 6.71. The molecule has 12 heavy (non-hydrogen) atoms. The minimum atomic E-state index is 0. The van der Waals surface area contributed by atoms with E-state index in [0.29, 0.717) is 5.69 Å². The van der Waals surface area contributed by atoms with Crippen molar-refractivity contribution in [1.29, 1.82) is 0 Å². The average Bonchev–Trinajstić information content (AvgIpc) is 2.05. The van der Waals surface area contributed by atoms with E-state index in [4.69, 9.17) is 5.21 Å². The molecule has 0 unspecified atom stereocenters. The average molecular weight is 175 g/mol. The zero-order valence-electron chi connectivity index (χ0n) is 7.06. The maximum atomic E-state index is 10.6. The van der Waals surface area contributed by atoms with Gasteiger partial charge in [-0.05, 0) is 11.8 Å². The fraction of sp³-hybridized carbons (Fsp3) is 0.143. The van der Waals surface area contributed by atoms with Crippen LogP contribution in [0.5, 0.6) is 0 Å². The maximum absolute atomic E-state index is 10.6. The Balaban J connectivity index is 0.00000121. The Bertz CT molecular complexity index is 271. The molecule has 0 saturated carbocycles. The second-order valence-corrected chi connectivity index (χ2v) is 2.20. The Hall–Kier alpha value is -0.580. The zero-order valence-corrected chi connectivity index (χ0v) is 9.06. The van der Waals surface area contributed by atoms with Crippen LogP contribution >= 0.6 is 0 Å². The molecule has 0 saturated heterocycles. The first-order valence-electron chi connectivity index (χ1n) is 3.13. The van der Waals surface area contributed by atoms with Crippen molar-refractivity contribution in [2.24, 2.45) is 5.28 Å². The van der Waals surface area contributed by atoms with Crippen LogP contribution in [0.1, 0.15) is 5.56 Å². The molecule has 0 aliphatic carbocycles. The van der Waals surface area contributed by atoms with Crippen LogP contribution in [0.3, 0.4) is 0 Å². The number of nitrogens with zero attached hydrogens (tertiary/aromatic N) is 2. The van der Waals surface area contributed by atoms with E-state index in [9.17, 15) is 5.21 Å². The van der Waals surface area contributed by atoms with Crippen LogP contribution in [0.25, 0.3) is 0 Å². The van der Waals surface area contributed by atoms with Crippen LogP contribution in [-0.2, 0) is 0 Å². The number of hydrogen-bond acceptors (Lipinski definition) is 2. The number of aryl methyl sites for hydroxylation is 1. The van der Waals surface area contributed by atoms with Crippen molar-refractivity contribution in [3.8, 4) is 0 Å². The van der Waals surface area contributed by atoms with Gasteiger partial charge in [0.05, 0.1) is 0 Å². The summed E-state index contributed by atoms with van der Waals surface area (Å²) in [6.07, 6.45) is 0. The van der Waals surface area contributed by atoms with E-state index < -0.39 is 0 Å².